The fourth-order valence-corrected chi connectivity index (χ4v) is 5.76. The number of methoxy groups -OCH3 is 1. The SMILES string of the molecule is COc1ccc(N2C(=O)C[C@@H](Sc3nnc(-c4ccccc4)n3C3CCCCC3)C2=O)cc1. The average molecular weight is 463 g/mol. The normalized spacial score (nSPS) is 19.3. The number of rotatable bonds is 6. The lowest BCUT2D eigenvalue weighted by Gasteiger charge is -2.26. The lowest BCUT2D eigenvalue weighted by molar-refractivity contribution is -0.121. The highest BCUT2D eigenvalue weighted by molar-refractivity contribution is 8.00. The van der Waals surface area contributed by atoms with Crippen LogP contribution in [0, 0.1) is 0 Å². The lowest BCUT2D eigenvalue weighted by atomic mass is 9.95. The van der Waals surface area contributed by atoms with Gasteiger partial charge in [-0.25, -0.2) is 4.90 Å². The molecule has 0 spiro atoms. The van der Waals surface area contributed by atoms with Crippen LogP contribution < -0.4 is 9.64 Å². The third-order valence-electron chi connectivity index (χ3n) is 6.32. The highest BCUT2D eigenvalue weighted by Gasteiger charge is 2.41. The third kappa shape index (κ3) is 4.27. The molecule has 2 heterocycles. The highest BCUT2D eigenvalue weighted by atomic mass is 32.2. The molecule has 0 bridgehead atoms. The topological polar surface area (TPSA) is 77.3 Å². The van der Waals surface area contributed by atoms with Gasteiger partial charge in [0.25, 0.3) is 0 Å². The van der Waals surface area contributed by atoms with Crippen LogP contribution >= 0.6 is 11.8 Å². The van der Waals surface area contributed by atoms with Crippen molar-refractivity contribution in [2.45, 2.75) is 55.0 Å². The van der Waals surface area contributed by atoms with Gasteiger partial charge in [0.05, 0.1) is 12.8 Å². The summed E-state index contributed by atoms with van der Waals surface area (Å²) in [7, 11) is 1.58. The monoisotopic (exact) mass is 462 g/mol. The molecule has 2 amide bonds. The number of anilines is 1. The van der Waals surface area contributed by atoms with Crippen molar-refractivity contribution >= 4 is 29.3 Å². The number of carbonyl (C=O) groups excluding carboxylic acids is 2. The number of aromatic nitrogens is 3. The number of ether oxygens (including phenoxy) is 1. The Balaban J connectivity index is 1.43. The van der Waals surface area contributed by atoms with E-state index in [1.807, 2.05) is 30.3 Å². The van der Waals surface area contributed by atoms with Gasteiger partial charge in [0, 0.05) is 18.0 Å². The molecule has 2 fully saturated rings. The van der Waals surface area contributed by atoms with Gasteiger partial charge in [0.2, 0.25) is 11.8 Å². The molecular formula is C25H26N4O3S. The van der Waals surface area contributed by atoms with Gasteiger partial charge < -0.3 is 4.74 Å². The molecule has 0 radical (unpaired) electrons. The summed E-state index contributed by atoms with van der Waals surface area (Å²) in [6.45, 7) is 0. The maximum Gasteiger partial charge on any atom is 0.247 e. The summed E-state index contributed by atoms with van der Waals surface area (Å²) in [6.07, 6.45) is 5.88. The van der Waals surface area contributed by atoms with Crippen LogP contribution in [0.2, 0.25) is 0 Å². The number of imide groups is 1. The molecule has 33 heavy (non-hydrogen) atoms. The quantitative estimate of drug-likeness (QED) is 0.486. The van der Waals surface area contributed by atoms with Crippen molar-refractivity contribution in [2.75, 3.05) is 12.0 Å². The molecule has 1 atom stereocenters. The summed E-state index contributed by atoms with van der Waals surface area (Å²) in [4.78, 5) is 27.3. The molecule has 5 rings (SSSR count). The zero-order valence-corrected chi connectivity index (χ0v) is 19.3. The van der Waals surface area contributed by atoms with E-state index in [2.05, 4.69) is 14.8 Å². The van der Waals surface area contributed by atoms with Crippen molar-refractivity contribution in [2.24, 2.45) is 0 Å². The molecule has 0 N–H and O–H groups in total. The Morgan fingerprint density at radius 2 is 1.67 bits per heavy atom. The average Bonchev–Trinajstić information content (AvgIpc) is 3.40. The Morgan fingerprint density at radius 3 is 2.36 bits per heavy atom. The summed E-state index contributed by atoms with van der Waals surface area (Å²) in [5, 5.41) is 9.19. The summed E-state index contributed by atoms with van der Waals surface area (Å²) in [5.74, 6) is 1.09. The zero-order chi connectivity index (χ0) is 22.8. The van der Waals surface area contributed by atoms with Crippen molar-refractivity contribution in [3.05, 3.63) is 54.6 Å². The minimum absolute atomic E-state index is 0.147. The third-order valence-corrected chi connectivity index (χ3v) is 7.46. The number of hydrogen-bond donors (Lipinski definition) is 0. The molecule has 8 heteroatoms. The molecule has 1 saturated carbocycles. The number of nitrogens with zero attached hydrogens (tertiary/aromatic N) is 4. The van der Waals surface area contributed by atoms with Gasteiger partial charge in [0.15, 0.2) is 11.0 Å². The van der Waals surface area contributed by atoms with E-state index in [1.54, 1.807) is 31.4 Å². The number of benzene rings is 2. The van der Waals surface area contributed by atoms with Gasteiger partial charge in [0.1, 0.15) is 11.0 Å². The minimum Gasteiger partial charge on any atom is -0.497 e. The van der Waals surface area contributed by atoms with Crippen LogP contribution in [0.5, 0.6) is 5.75 Å². The second-order valence-electron chi connectivity index (χ2n) is 8.41. The fourth-order valence-electron chi connectivity index (χ4n) is 4.64. The lowest BCUT2D eigenvalue weighted by Crippen LogP contribution is -2.31. The zero-order valence-electron chi connectivity index (χ0n) is 18.5. The van der Waals surface area contributed by atoms with Crippen LogP contribution in [0.25, 0.3) is 11.4 Å². The smallest absolute Gasteiger partial charge is 0.247 e. The first-order valence-electron chi connectivity index (χ1n) is 11.3. The second-order valence-corrected chi connectivity index (χ2v) is 9.58. The van der Waals surface area contributed by atoms with E-state index in [0.29, 0.717) is 22.6 Å². The van der Waals surface area contributed by atoms with Gasteiger partial charge >= 0.3 is 0 Å². The molecule has 2 aromatic carbocycles. The second kappa shape index (κ2) is 9.39. The van der Waals surface area contributed by atoms with Crippen molar-refractivity contribution in [1.29, 1.82) is 0 Å². The molecule has 1 aromatic heterocycles. The molecule has 7 nitrogen and oxygen atoms in total. The van der Waals surface area contributed by atoms with Gasteiger partial charge in [-0.1, -0.05) is 61.4 Å². The first-order valence-corrected chi connectivity index (χ1v) is 12.2. The molecule has 2 aliphatic rings. The minimum atomic E-state index is -0.519. The van der Waals surface area contributed by atoms with E-state index in [4.69, 9.17) is 4.74 Å². The molecule has 170 valence electrons. The molecule has 1 aliphatic heterocycles. The number of carbonyl (C=O) groups is 2. The summed E-state index contributed by atoms with van der Waals surface area (Å²) >= 11 is 1.36. The van der Waals surface area contributed by atoms with Crippen LogP contribution in [0.1, 0.15) is 44.6 Å². The Hall–Kier alpha value is -3.13. The van der Waals surface area contributed by atoms with Crippen LogP contribution in [0.15, 0.2) is 59.8 Å². The van der Waals surface area contributed by atoms with Gasteiger partial charge in [-0.3, -0.25) is 14.2 Å². The van der Waals surface area contributed by atoms with Crippen molar-refractivity contribution in [1.82, 2.24) is 14.8 Å². The van der Waals surface area contributed by atoms with Crippen molar-refractivity contribution in [3.63, 3.8) is 0 Å². The maximum atomic E-state index is 13.2. The largest absolute Gasteiger partial charge is 0.497 e. The predicted octanol–water partition coefficient (Wildman–Crippen LogP) is 4.88. The fraction of sp³-hybridized carbons (Fsp3) is 0.360. The summed E-state index contributed by atoms with van der Waals surface area (Å²) < 4.78 is 7.39. The van der Waals surface area contributed by atoms with Gasteiger partial charge in [-0.15, -0.1) is 10.2 Å². The molecule has 0 unspecified atom stereocenters. The van der Waals surface area contributed by atoms with E-state index < -0.39 is 5.25 Å². The van der Waals surface area contributed by atoms with Crippen molar-refractivity contribution in [3.8, 4) is 17.1 Å². The molecule has 1 aliphatic carbocycles. The van der Waals surface area contributed by atoms with E-state index in [-0.39, 0.29) is 18.2 Å². The molecule has 1 saturated heterocycles. The first kappa shape index (κ1) is 21.7. The number of thioether (sulfide) groups is 1. The van der Waals surface area contributed by atoms with Crippen LogP contribution in [0.3, 0.4) is 0 Å². The Bertz CT molecular complexity index is 1140. The maximum absolute atomic E-state index is 13.2. The van der Waals surface area contributed by atoms with E-state index >= 15 is 0 Å². The standard InChI is InChI=1S/C25H26N4O3S/c1-32-20-14-12-19(13-15-20)28-22(30)16-21(24(28)31)33-25-27-26-23(17-8-4-2-5-9-17)29(25)18-10-6-3-7-11-18/h2,4-5,8-9,12-15,18,21H,3,6-7,10-11,16H2,1H3/t21-/m1/s1. The Morgan fingerprint density at radius 1 is 0.939 bits per heavy atom. The molecular weight excluding hydrogens is 436 g/mol. The van der Waals surface area contributed by atoms with Gasteiger partial charge in [-0.05, 0) is 37.1 Å². The van der Waals surface area contributed by atoms with Crippen LogP contribution in [-0.2, 0) is 9.59 Å². The highest BCUT2D eigenvalue weighted by Crippen LogP contribution is 2.39. The predicted molar refractivity (Wildman–Crippen MR) is 127 cm³/mol. The summed E-state index contributed by atoms with van der Waals surface area (Å²) in [5.41, 5.74) is 1.57. The van der Waals surface area contributed by atoms with E-state index in [9.17, 15) is 9.59 Å². The van der Waals surface area contributed by atoms with Crippen LogP contribution in [-0.4, -0.2) is 38.9 Å². The summed E-state index contributed by atoms with van der Waals surface area (Å²) in [6, 6.07) is 17.3. The number of hydrogen-bond acceptors (Lipinski definition) is 6. The molecule has 3 aromatic rings. The van der Waals surface area contributed by atoms with Crippen molar-refractivity contribution < 1.29 is 14.3 Å². The Kier molecular flexibility index (Phi) is 6.17. The first-order chi connectivity index (χ1) is 16.2. The van der Waals surface area contributed by atoms with Gasteiger partial charge in [-0.2, -0.15) is 0 Å². The van der Waals surface area contributed by atoms with Crippen LogP contribution in [0.4, 0.5) is 5.69 Å². The van der Waals surface area contributed by atoms with E-state index in [0.717, 1.165) is 24.2 Å². The van der Waals surface area contributed by atoms with E-state index in [1.165, 1.54) is 35.9 Å². The number of amides is 2. The Labute approximate surface area is 197 Å².